The number of nitrogens with zero attached hydrogens (tertiary/aromatic N) is 2. The van der Waals surface area contributed by atoms with Crippen molar-refractivity contribution in [3.8, 4) is 11.3 Å². The number of likely N-dealkylation sites (tertiary alicyclic amines) is 1. The number of aromatic nitrogens is 2. The van der Waals surface area contributed by atoms with E-state index in [-0.39, 0.29) is 11.9 Å². The zero-order valence-corrected chi connectivity index (χ0v) is 19.2. The van der Waals surface area contributed by atoms with Crippen LogP contribution in [0.15, 0.2) is 60.8 Å². The quantitative estimate of drug-likeness (QED) is 0.478. The van der Waals surface area contributed by atoms with Gasteiger partial charge in [0.15, 0.2) is 0 Å². The van der Waals surface area contributed by atoms with E-state index in [2.05, 4.69) is 37.9 Å². The Kier molecular flexibility index (Phi) is 6.55. The second-order valence-corrected chi connectivity index (χ2v) is 8.60. The topological polar surface area (TPSA) is 87.3 Å². The van der Waals surface area contributed by atoms with Gasteiger partial charge in [-0.2, -0.15) is 0 Å². The summed E-state index contributed by atoms with van der Waals surface area (Å²) in [6, 6.07) is 16.4. The highest BCUT2D eigenvalue weighted by Gasteiger charge is 2.37. The fourth-order valence-electron chi connectivity index (χ4n) is 3.87. The predicted octanol–water partition coefficient (Wildman–Crippen LogP) is 4.44. The van der Waals surface area contributed by atoms with Crippen molar-refractivity contribution >= 4 is 34.6 Å². The van der Waals surface area contributed by atoms with Crippen molar-refractivity contribution in [1.29, 1.82) is 0 Å². The number of rotatable bonds is 5. The summed E-state index contributed by atoms with van der Waals surface area (Å²) in [5.74, 6) is 0.579. The van der Waals surface area contributed by atoms with Crippen LogP contribution in [0, 0.1) is 3.57 Å². The van der Waals surface area contributed by atoms with E-state index in [1.807, 2.05) is 54.6 Å². The number of alkyl carbamates (subject to hydrolysis) is 1. The first kappa shape index (κ1) is 21.4. The Morgan fingerprint density at radius 1 is 1.19 bits per heavy atom. The molecular formula is C23H23IN4O3. The molecule has 2 atom stereocenters. The van der Waals surface area contributed by atoms with Crippen LogP contribution in [-0.4, -0.2) is 40.5 Å². The Morgan fingerprint density at radius 3 is 2.65 bits per heavy atom. The van der Waals surface area contributed by atoms with Crippen molar-refractivity contribution in [1.82, 2.24) is 20.2 Å². The Morgan fingerprint density at radius 2 is 1.94 bits per heavy atom. The third-order valence-corrected chi connectivity index (χ3v) is 6.15. The molecule has 1 saturated heterocycles. The van der Waals surface area contributed by atoms with E-state index < -0.39 is 12.1 Å². The van der Waals surface area contributed by atoms with Crippen LogP contribution in [0.25, 0.3) is 11.3 Å². The van der Waals surface area contributed by atoms with Gasteiger partial charge < -0.3 is 19.9 Å². The monoisotopic (exact) mass is 530 g/mol. The molecule has 1 fully saturated rings. The van der Waals surface area contributed by atoms with Gasteiger partial charge in [-0.25, -0.2) is 9.78 Å². The zero-order valence-electron chi connectivity index (χ0n) is 17.0. The molecule has 2 amide bonds. The molecule has 7 nitrogen and oxygen atoms in total. The van der Waals surface area contributed by atoms with Gasteiger partial charge in [-0.3, -0.25) is 4.79 Å². The number of hydrogen-bond acceptors (Lipinski definition) is 4. The Labute approximate surface area is 194 Å². The highest BCUT2D eigenvalue weighted by atomic mass is 127. The first-order valence-corrected chi connectivity index (χ1v) is 11.2. The molecule has 2 N–H and O–H groups in total. The minimum atomic E-state index is -0.820. The molecule has 31 heavy (non-hydrogen) atoms. The van der Waals surface area contributed by atoms with Crippen molar-refractivity contribution in [2.24, 2.45) is 0 Å². The standard InChI is InChI=1S/C23H23IN4O3/c1-31-23(30)27-20(16-6-3-2-4-7-16)22(29)28-13-5-8-19(28)21-25-14-18(26-21)15-9-11-17(24)12-10-15/h2-4,6-7,9-12,14,19-20H,5,8,13H2,1H3,(H,25,26)(H,27,30)/t19-,20+/m0/s1. The molecule has 1 aromatic heterocycles. The first-order valence-electron chi connectivity index (χ1n) is 10.1. The first-order chi connectivity index (χ1) is 15.1. The third-order valence-electron chi connectivity index (χ3n) is 5.43. The normalized spacial score (nSPS) is 16.7. The van der Waals surface area contributed by atoms with Crippen LogP contribution in [0.3, 0.4) is 0 Å². The SMILES string of the molecule is COC(=O)N[C@@H](C(=O)N1CCC[C@H]1c1ncc(-c2ccc(I)cc2)[nH]1)c1ccccc1. The number of hydrogen-bond donors (Lipinski definition) is 2. The van der Waals surface area contributed by atoms with Gasteiger partial charge in [0.1, 0.15) is 11.9 Å². The van der Waals surface area contributed by atoms with E-state index in [0.717, 1.165) is 29.9 Å². The molecule has 0 spiro atoms. The molecule has 1 aliphatic heterocycles. The zero-order chi connectivity index (χ0) is 21.8. The second kappa shape index (κ2) is 9.51. The van der Waals surface area contributed by atoms with Gasteiger partial charge in [0.05, 0.1) is 25.0 Å². The number of carbonyl (C=O) groups is 2. The number of halogens is 1. The second-order valence-electron chi connectivity index (χ2n) is 7.36. The molecule has 8 heteroatoms. The van der Waals surface area contributed by atoms with Crippen molar-refractivity contribution in [3.63, 3.8) is 0 Å². The number of amides is 2. The smallest absolute Gasteiger partial charge is 0.407 e. The number of ether oxygens (including phenoxy) is 1. The molecule has 0 saturated carbocycles. The number of benzene rings is 2. The maximum absolute atomic E-state index is 13.5. The lowest BCUT2D eigenvalue weighted by Gasteiger charge is -2.28. The maximum Gasteiger partial charge on any atom is 0.407 e. The van der Waals surface area contributed by atoms with Gasteiger partial charge in [-0.15, -0.1) is 0 Å². The van der Waals surface area contributed by atoms with Crippen molar-refractivity contribution in [3.05, 3.63) is 75.8 Å². The summed E-state index contributed by atoms with van der Waals surface area (Å²) in [6.45, 7) is 0.606. The van der Waals surface area contributed by atoms with Gasteiger partial charge in [0.2, 0.25) is 0 Å². The van der Waals surface area contributed by atoms with Gasteiger partial charge in [0.25, 0.3) is 5.91 Å². The van der Waals surface area contributed by atoms with E-state index in [9.17, 15) is 9.59 Å². The average Bonchev–Trinajstić information content (AvgIpc) is 3.47. The van der Waals surface area contributed by atoms with Crippen LogP contribution >= 0.6 is 22.6 Å². The minimum absolute atomic E-state index is 0.171. The predicted molar refractivity (Wildman–Crippen MR) is 125 cm³/mol. The lowest BCUT2D eigenvalue weighted by molar-refractivity contribution is -0.134. The Bertz CT molecular complexity index is 1050. The summed E-state index contributed by atoms with van der Waals surface area (Å²) < 4.78 is 5.91. The number of H-pyrrole nitrogens is 1. The van der Waals surface area contributed by atoms with E-state index >= 15 is 0 Å². The Balaban J connectivity index is 1.58. The maximum atomic E-state index is 13.5. The van der Waals surface area contributed by atoms with Crippen molar-refractivity contribution in [2.75, 3.05) is 13.7 Å². The number of methoxy groups -OCH3 is 1. The summed E-state index contributed by atoms with van der Waals surface area (Å²) >= 11 is 2.27. The summed E-state index contributed by atoms with van der Waals surface area (Å²) in [4.78, 5) is 35.2. The molecule has 2 aromatic carbocycles. The summed E-state index contributed by atoms with van der Waals surface area (Å²) in [5, 5.41) is 2.68. The van der Waals surface area contributed by atoms with Crippen LogP contribution in [0.5, 0.6) is 0 Å². The molecule has 1 aliphatic rings. The van der Waals surface area contributed by atoms with E-state index in [4.69, 9.17) is 4.74 Å². The van der Waals surface area contributed by atoms with Crippen LogP contribution in [-0.2, 0) is 9.53 Å². The molecule has 3 aromatic rings. The third kappa shape index (κ3) is 4.73. The van der Waals surface area contributed by atoms with Crippen LogP contribution < -0.4 is 5.32 Å². The highest BCUT2D eigenvalue weighted by Crippen LogP contribution is 2.34. The van der Waals surface area contributed by atoms with Gasteiger partial charge in [0, 0.05) is 10.1 Å². The molecular weight excluding hydrogens is 507 g/mol. The molecule has 0 bridgehead atoms. The van der Waals surface area contributed by atoms with Crippen LogP contribution in [0.2, 0.25) is 0 Å². The van der Waals surface area contributed by atoms with Crippen molar-refractivity contribution in [2.45, 2.75) is 24.9 Å². The fourth-order valence-corrected chi connectivity index (χ4v) is 4.23. The average molecular weight is 530 g/mol. The molecule has 0 radical (unpaired) electrons. The lowest BCUT2D eigenvalue weighted by atomic mass is 10.1. The molecule has 160 valence electrons. The molecule has 0 unspecified atom stereocenters. The molecule has 0 aliphatic carbocycles. The highest BCUT2D eigenvalue weighted by molar-refractivity contribution is 14.1. The molecule has 4 rings (SSSR count). The number of nitrogens with one attached hydrogen (secondary N) is 2. The Hall–Kier alpha value is -2.88. The van der Waals surface area contributed by atoms with Crippen LogP contribution in [0.1, 0.15) is 36.3 Å². The number of carbonyl (C=O) groups excluding carboxylic acids is 2. The van der Waals surface area contributed by atoms with E-state index in [1.54, 1.807) is 11.1 Å². The number of imidazole rings is 1. The van der Waals surface area contributed by atoms with Gasteiger partial charge in [-0.05, 0) is 58.7 Å². The summed E-state index contributed by atoms with van der Waals surface area (Å²) in [6.07, 6.45) is 2.85. The van der Waals surface area contributed by atoms with Gasteiger partial charge >= 0.3 is 6.09 Å². The van der Waals surface area contributed by atoms with Crippen molar-refractivity contribution < 1.29 is 14.3 Å². The molecule has 2 heterocycles. The van der Waals surface area contributed by atoms with E-state index in [1.165, 1.54) is 10.7 Å². The van der Waals surface area contributed by atoms with Gasteiger partial charge in [-0.1, -0.05) is 42.5 Å². The van der Waals surface area contributed by atoms with E-state index in [0.29, 0.717) is 12.1 Å². The lowest BCUT2D eigenvalue weighted by Crippen LogP contribution is -2.42. The largest absolute Gasteiger partial charge is 0.453 e. The summed E-state index contributed by atoms with van der Waals surface area (Å²) in [7, 11) is 1.29. The minimum Gasteiger partial charge on any atom is -0.453 e. The summed E-state index contributed by atoms with van der Waals surface area (Å²) in [5.41, 5.74) is 2.67. The fraction of sp³-hybridized carbons (Fsp3) is 0.261. The number of aromatic amines is 1. The van der Waals surface area contributed by atoms with Crippen LogP contribution in [0.4, 0.5) is 4.79 Å².